The fourth-order valence-electron chi connectivity index (χ4n) is 4.55. The van der Waals surface area contributed by atoms with Gasteiger partial charge in [-0.25, -0.2) is 4.98 Å². The number of aromatic nitrogens is 3. The van der Waals surface area contributed by atoms with Gasteiger partial charge >= 0.3 is 0 Å². The molecule has 6 nitrogen and oxygen atoms in total. The second kappa shape index (κ2) is 8.56. The number of fused-ring (bicyclic) bond motifs is 2. The molecule has 3 aromatic heterocycles. The highest BCUT2D eigenvalue weighted by Crippen LogP contribution is 2.37. The molecule has 7 heteroatoms. The van der Waals surface area contributed by atoms with E-state index < -0.39 is 0 Å². The summed E-state index contributed by atoms with van der Waals surface area (Å²) in [7, 11) is 1.70. The van der Waals surface area contributed by atoms with Crippen molar-refractivity contribution in [2.75, 3.05) is 18.6 Å². The van der Waals surface area contributed by atoms with Crippen LogP contribution in [-0.4, -0.2) is 28.3 Å². The molecule has 4 aromatic rings. The van der Waals surface area contributed by atoms with Gasteiger partial charge in [-0.1, -0.05) is 13.0 Å². The minimum absolute atomic E-state index is 0.544. The van der Waals surface area contributed by atoms with Gasteiger partial charge in [-0.3, -0.25) is 0 Å². The lowest BCUT2D eigenvalue weighted by Crippen LogP contribution is -2.27. The summed E-state index contributed by atoms with van der Waals surface area (Å²) >= 11 is 1.74. The third-order valence-electron chi connectivity index (χ3n) is 6.03. The summed E-state index contributed by atoms with van der Waals surface area (Å²) < 4.78 is 13.3. The molecule has 0 spiro atoms. The average molecular weight is 449 g/mol. The third-order valence-corrected chi connectivity index (χ3v) is 6.76. The van der Waals surface area contributed by atoms with Crippen LogP contribution in [0.1, 0.15) is 41.4 Å². The lowest BCUT2D eigenvalue weighted by atomic mass is 10.0. The molecule has 1 aliphatic rings. The van der Waals surface area contributed by atoms with Gasteiger partial charge in [-0.05, 0) is 65.9 Å². The fourth-order valence-corrected chi connectivity index (χ4v) is 5.21. The van der Waals surface area contributed by atoms with E-state index in [0.29, 0.717) is 13.2 Å². The number of hydrogen-bond donors (Lipinski definition) is 0. The lowest BCUT2D eigenvalue weighted by Gasteiger charge is -2.26. The van der Waals surface area contributed by atoms with Crippen LogP contribution in [0.4, 0.5) is 5.82 Å². The van der Waals surface area contributed by atoms with Gasteiger partial charge in [-0.15, -0.1) is 0 Å². The zero-order chi connectivity index (χ0) is 22.2. The molecule has 0 unspecified atom stereocenters. The molecule has 0 atom stereocenters. The quantitative estimate of drug-likeness (QED) is 0.372. The number of nitrogens with zero attached hydrogens (tertiary/aromatic N) is 4. The van der Waals surface area contributed by atoms with Crippen LogP contribution in [0, 0.1) is 13.8 Å². The molecule has 166 valence electrons. The Kier molecular flexibility index (Phi) is 5.61. The number of thiophene rings is 1. The Hall–Kier alpha value is -2.90. The minimum Gasteiger partial charge on any atom is -0.497 e. The summed E-state index contributed by atoms with van der Waals surface area (Å²) in [5.41, 5.74) is 8.71. The molecule has 5 rings (SSSR count). The molecule has 0 bridgehead atoms. The Balaban J connectivity index is 1.73. The van der Waals surface area contributed by atoms with E-state index in [4.69, 9.17) is 19.6 Å². The smallest absolute Gasteiger partial charge is 0.165 e. The van der Waals surface area contributed by atoms with E-state index in [0.717, 1.165) is 70.4 Å². The van der Waals surface area contributed by atoms with Gasteiger partial charge < -0.3 is 14.4 Å². The maximum atomic E-state index is 5.84. The van der Waals surface area contributed by atoms with Crippen molar-refractivity contribution >= 4 is 22.8 Å². The molecule has 32 heavy (non-hydrogen) atoms. The van der Waals surface area contributed by atoms with Crippen LogP contribution in [0.5, 0.6) is 5.75 Å². The number of hydrogen-bond acceptors (Lipinski definition) is 6. The van der Waals surface area contributed by atoms with E-state index in [-0.39, 0.29) is 0 Å². The topological polar surface area (TPSA) is 51.9 Å². The van der Waals surface area contributed by atoms with Gasteiger partial charge in [0.25, 0.3) is 0 Å². The first-order valence-electron chi connectivity index (χ1n) is 11.0. The molecule has 0 saturated carbocycles. The summed E-state index contributed by atoms with van der Waals surface area (Å²) in [6, 6.07) is 8.37. The second-order valence-electron chi connectivity index (χ2n) is 8.28. The van der Waals surface area contributed by atoms with Crippen LogP contribution < -0.4 is 9.64 Å². The third kappa shape index (κ3) is 3.55. The highest BCUT2D eigenvalue weighted by atomic mass is 32.1. The van der Waals surface area contributed by atoms with Crippen LogP contribution >= 0.6 is 11.3 Å². The summed E-state index contributed by atoms with van der Waals surface area (Å²) in [6.07, 6.45) is 1.05. The first-order chi connectivity index (χ1) is 15.6. The van der Waals surface area contributed by atoms with Crippen molar-refractivity contribution in [3.63, 3.8) is 0 Å². The van der Waals surface area contributed by atoms with Crippen LogP contribution in [0.15, 0.2) is 35.0 Å². The summed E-state index contributed by atoms with van der Waals surface area (Å²) in [5, 5.41) is 9.37. The highest BCUT2D eigenvalue weighted by Gasteiger charge is 2.28. The molecule has 0 amide bonds. The largest absolute Gasteiger partial charge is 0.497 e. The Bertz CT molecular complexity index is 1260. The number of rotatable bonds is 7. The van der Waals surface area contributed by atoms with Gasteiger partial charge in [-0.2, -0.15) is 21.0 Å². The molecule has 0 saturated heterocycles. The lowest BCUT2D eigenvalue weighted by molar-refractivity contribution is 0.133. The SMILES string of the molecule is CCCN(Cc1ccsc1)c1c2c(nc3c(-c4ccc(OC)cc4C)c(C)nn13)COC2. The number of anilines is 1. The Labute approximate surface area is 192 Å². The van der Waals surface area contributed by atoms with Crippen molar-refractivity contribution in [3.8, 4) is 16.9 Å². The zero-order valence-electron chi connectivity index (χ0n) is 19.0. The van der Waals surface area contributed by atoms with Crippen molar-refractivity contribution in [2.45, 2.75) is 47.0 Å². The normalized spacial score (nSPS) is 13.0. The summed E-state index contributed by atoms with van der Waals surface area (Å²) in [6.45, 7) is 9.31. The van der Waals surface area contributed by atoms with Gasteiger partial charge in [0.05, 0.1) is 31.7 Å². The van der Waals surface area contributed by atoms with E-state index in [9.17, 15) is 0 Å². The van der Waals surface area contributed by atoms with Gasteiger partial charge in [0.2, 0.25) is 0 Å². The van der Waals surface area contributed by atoms with Crippen LogP contribution in [0.3, 0.4) is 0 Å². The Morgan fingerprint density at radius 3 is 2.81 bits per heavy atom. The number of methoxy groups -OCH3 is 1. The van der Waals surface area contributed by atoms with E-state index in [2.05, 4.69) is 54.6 Å². The molecular formula is C25H28N4O2S. The molecular weight excluding hydrogens is 420 g/mol. The van der Waals surface area contributed by atoms with Gasteiger partial charge in [0.1, 0.15) is 11.6 Å². The number of aryl methyl sites for hydroxylation is 2. The monoisotopic (exact) mass is 448 g/mol. The minimum atomic E-state index is 0.544. The predicted molar refractivity (Wildman–Crippen MR) is 129 cm³/mol. The first kappa shape index (κ1) is 21.0. The molecule has 0 aliphatic carbocycles. The summed E-state index contributed by atoms with van der Waals surface area (Å²) in [5.74, 6) is 1.96. The van der Waals surface area contributed by atoms with Crippen LogP contribution in [0.25, 0.3) is 16.8 Å². The van der Waals surface area contributed by atoms with Crippen LogP contribution in [-0.2, 0) is 24.5 Å². The van der Waals surface area contributed by atoms with Crippen molar-refractivity contribution in [1.29, 1.82) is 0 Å². The van der Waals surface area contributed by atoms with Crippen molar-refractivity contribution < 1.29 is 9.47 Å². The molecule has 0 radical (unpaired) electrons. The van der Waals surface area contributed by atoms with Crippen molar-refractivity contribution in [3.05, 3.63) is 63.1 Å². The predicted octanol–water partition coefficient (Wildman–Crippen LogP) is 5.53. The molecule has 1 aromatic carbocycles. The van der Waals surface area contributed by atoms with E-state index >= 15 is 0 Å². The maximum Gasteiger partial charge on any atom is 0.165 e. The summed E-state index contributed by atoms with van der Waals surface area (Å²) in [4.78, 5) is 7.49. The standard InChI is InChI=1S/C25H28N4O2S/c1-5-9-28(12-18-8-10-32-15-18)25-21-13-31-14-22(21)26-24-23(17(3)27-29(24)25)20-7-6-19(30-4)11-16(20)2/h6-8,10-11,15H,5,9,12-14H2,1-4H3. The first-order valence-corrected chi connectivity index (χ1v) is 11.9. The Morgan fingerprint density at radius 1 is 1.22 bits per heavy atom. The fraction of sp³-hybridized carbons (Fsp3) is 0.360. The van der Waals surface area contributed by atoms with Gasteiger partial charge in [0, 0.05) is 24.2 Å². The molecule has 0 fully saturated rings. The van der Waals surface area contributed by atoms with E-state index in [1.807, 2.05) is 10.6 Å². The molecule has 1 aliphatic heterocycles. The van der Waals surface area contributed by atoms with Crippen molar-refractivity contribution in [2.24, 2.45) is 0 Å². The second-order valence-corrected chi connectivity index (χ2v) is 9.06. The van der Waals surface area contributed by atoms with Crippen molar-refractivity contribution in [1.82, 2.24) is 14.6 Å². The average Bonchev–Trinajstić information content (AvgIpc) is 3.52. The molecule has 4 heterocycles. The maximum absolute atomic E-state index is 5.84. The molecule has 0 N–H and O–H groups in total. The zero-order valence-corrected chi connectivity index (χ0v) is 19.8. The Morgan fingerprint density at radius 2 is 2.09 bits per heavy atom. The number of ether oxygens (including phenoxy) is 2. The highest BCUT2D eigenvalue weighted by molar-refractivity contribution is 7.07. The van der Waals surface area contributed by atoms with E-state index in [1.54, 1.807) is 18.4 Å². The van der Waals surface area contributed by atoms with Crippen LogP contribution in [0.2, 0.25) is 0 Å². The van der Waals surface area contributed by atoms with Gasteiger partial charge in [0.15, 0.2) is 5.65 Å². The number of benzene rings is 1. The van der Waals surface area contributed by atoms with E-state index in [1.165, 1.54) is 5.56 Å².